The molecule has 0 saturated heterocycles. The Balaban J connectivity index is 0.000000144. The minimum Gasteiger partial charge on any atom is -0.455 e. The van der Waals surface area contributed by atoms with Crippen LogP contribution in [0.2, 0.25) is 0 Å². The van der Waals surface area contributed by atoms with E-state index in [9.17, 15) is 0 Å². The minimum atomic E-state index is -0.453. The summed E-state index contributed by atoms with van der Waals surface area (Å²) in [7, 11) is 0. The molecule has 0 bridgehead atoms. The van der Waals surface area contributed by atoms with Crippen LogP contribution in [0, 0.1) is 0 Å². The van der Waals surface area contributed by atoms with Crippen molar-refractivity contribution in [2.75, 3.05) is 9.80 Å². The van der Waals surface area contributed by atoms with Crippen molar-refractivity contribution in [1.82, 2.24) is 0 Å². The van der Waals surface area contributed by atoms with Gasteiger partial charge in [0.1, 0.15) is 11.2 Å². The number of furan rings is 1. The predicted molar refractivity (Wildman–Crippen MR) is 529 cm³/mol. The van der Waals surface area contributed by atoms with E-state index in [0.29, 0.717) is 0 Å². The van der Waals surface area contributed by atoms with Crippen LogP contribution in [0.4, 0.5) is 34.1 Å². The van der Waals surface area contributed by atoms with Gasteiger partial charge in [-0.05, 0) is 255 Å². The summed E-state index contributed by atoms with van der Waals surface area (Å²) in [6.07, 6.45) is 0. The van der Waals surface area contributed by atoms with Crippen LogP contribution in [0.1, 0.15) is 44.5 Å². The maximum atomic E-state index is 6.80. The van der Waals surface area contributed by atoms with Crippen molar-refractivity contribution in [1.29, 1.82) is 0 Å². The van der Waals surface area contributed by atoms with Gasteiger partial charge >= 0.3 is 0 Å². The van der Waals surface area contributed by atoms with Crippen LogP contribution in [-0.2, 0) is 10.8 Å². The molecule has 0 radical (unpaired) electrons. The summed E-state index contributed by atoms with van der Waals surface area (Å²) in [6.45, 7) is 0. The van der Waals surface area contributed by atoms with Gasteiger partial charge in [-0.2, -0.15) is 0 Å². The monoisotopic (exact) mass is 1620 g/mol. The Kier molecular flexibility index (Phi) is 17.9. The van der Waals surface area contributed by atoms with Crippen molar-refractivity contribution in [3.8, 4) is 100 Å². The number of rotatable bonds is 14. The predicted octanol–water partition coefficient (Wildman–Crippen LogP) is 33.3. The fraction of sp³-hybridized carbons (Fsp3) is 0.0164. The van der Waals surface area contributed by atoms with Crippen LogP contribution in [0.3, 0.4) is 0 Å². The standard InChI is InChI=1S/C67H43NO.C55H37NS/c1-3-15-44(16-4-1)46-27-34-51(35-28-46)68(52-36-29-47(30-37-52)45-17-5-2-6-18-45)53-38-31-48(32-39-53)59-41-50(42-60-58-22-10-14-26-65(58)69-66(59)60)49-33-40-57-56-21-9-13-25-63(56)67(64(57)43-49)61-23-11-7-19-54(61)55-20-8-12-24-62(55)67;1-5-17-41(18-6-1)55(42-19-7-2-8-20-42)51-27-15-13-25-46(51)47-34-31-39(37-52(47)55)40-35-49(54-50(36-40)48-26-14-16-28-53(48)57-54)38-29-32-45(33-30-38)56(43-21-9-3-10-22-43)44-23-11-4-12-24-44/h1-43H;1-37H. The van der Waals surface area contributed by atoms with Crippen LogP contribution in [0.15, 0.2) is 490 Å². The Hall–Kier alpha value is -16.0. The molecule has 126 heavy (non-hydrogen) atoms. The van der Waals surface area contributed by atoms with Crippen molar-refractivity contribution in [2.45, 2.75) is 10.8 Å². The van der Waals surface area contributed by atoms with Crippen LogP contribution < -0.4 is 9.80 Å². The number of fused-ring (bicyclic) bond motifs is 19. The molecule has 2 heterocycles. The minimum absolute atomic E-state index is 0.421. The summed E-state index contributed by atoms with van der Waals surface area (Å²) >= 11 is 1.89. The Morgan fingerprint density at radius 2 is 0.500 bits per heavy atom. The lowest BCUT2D eigenvalue weighted by atomic mass is 9.67. The van der Waals surface area contributed by atoms with Crippen LogP contribution in [-0.4, -0.2) is 0 Å². The van der Waals surface area contributed by atoms with E-state index in [-0.39, 0.29) is 0 Å². The third-order valence-electron chi connectivity index (χ3n) is 26.4. The SMILES string of the molecule is c1ccc(-c2ccc(N(c3ccc(-c4ccccc4)cc3)c3ccc(-c4cc(-c5ccc6c(c5)C5(c7ccccc7-c7ccccc75)c5ccccc5-6)cc5c4oc4ccccc45)cc3)cc2)cc1.c1ccc(N(c2ccccc2)c2ccc(-c3cc(-c4ccc5c(c4)C(c4ccccc4)(c4ccccc4)c4ccccc4-5)cc4c3sc3ccccc34)cc2)cc1. The third kappa shape index (κ3) is 12.1. The van der Waals surface area contributed by atoms with E-state index in [2.05, 4.69) is 495 Å². The third-order valence-corrected chi connectivity index (χ3v) is 27.7. The summed E-state index contributed by atoms with van der Waals surface area (Å²) in [5, 5.41) is 4.81. The molecule has 0 aliphatic heterocycles. The molecule has 0 amide bonds. The van der Waals surface area contributed by atoms with Gasteiger partial charge in [0, 0.05) is 76.2 Å². The second-order valence-electron chi connectivity index (χ2n) is 33.2. The smallest absolute Gasteiger partial charge is 0.143 e. The van der Waals surface area contributed by atoms with Crippen molar-refractivity contribution in [3.05, 3.63) is 530 Å². The first-order valence-electron chi connectivity index (χ1n) is 43.4. The summed E-state index contributed by atoms with van der Waals surface area (Å²) in [6, 6.07) is 178. The largest absolute Gasteiger partial charge is 0.455 e. The molecule has 20 aromatic carbocycles. The Labute approximate surface area is 737 Å². The summed E-state index contributed by atoms with van der Waals surface area (Å²) < 4.78 is 9.42. The second-order valence-corrected chi connectivity index (χ2v) is 34.2. The number of benzene rings is 20. The number of nitrogens with zero attached hydrogens (tertiary/aromatic N) is 2. The summed E-state index contributed by atoms with van der Waals surface area (Å²) in [5.74, 6) is 0. The molecular formula is C122H80N2OS. The molecule has 590 valence electrons. The van der Waals surface area contributed by atoms with Gasteiger partial charge < -0.3 is 14.2 Å². The molecule has 3 nitrogen and oxygen atoms in total. The molecule has 0 unspecified atom stereocenters. The van der Waals surface area contributed by atoms with Gasteiger partial charge in [0.25, 0.3) is 0 Å². The highest BCUT2D eigenvalue weighted by molar-refractivity contribution is 7.26. The van der Waals surface area contributed by atoms with Crippen molar-refractivity contribution >= 4 is 87.6 Å². The number of para-hydroxylation sites is 3. The first-order chi connectivity index (χ1) is 62.5. The first-order valence-corrected chi connectivity index (χ1v) is 44.2. The van der Waals surface area contributed by atoms with Crippen LogP contribution in [0.25, 0.3) is 142 Å². The van der Waals surface area contributed by atoms with Gasteiger partial charge in [0.15, 0.2) is 0 Å². The molecule has 1 spiro atoms. The maximum Gasteiger partial charge on any atom is 0.143 e. The lowest BCUT2D eigenvalue weighted by Gasteiger charge is -2.34. The summed E-state index contributed by atoms with van der Waals surface area (Å²) in [4.78, 5) is 4.67. The molecule has 3 aliphatic carbocycles. The second kappa shape index (κ2) is 30.6. The average Bonchev–Trinajstić information content (AvgIpc) is 1.51. The molecule has 3 aliphatic rings. The van der Waals surface area contributed by atoms with Crippen LogP contribution in [0.5, 0.6) is 0 Å². The van der Waals surface area contributed by atoms with Crippen LogP contribution >= 0.6 is 11.3 Å². The number of anilines is 6. The van der Waals surface area contributed by atoms with Gasteiger partial charge in [-0.3, -0.25) is 0 Å². The Bertz CT molecular complexity index is 7680. The zero-order valence-electron chi connectivity index (χ0n) is 68.9. The van der Waals surface area contributed by atoms with Gasteiger partial charge in [0.2, 0.25) is 0 Å². The molecule has 0 saturated carbocycles. The fourth-order valence-corrected chi connectivity index (χ4v) is 22.0. The van der Waals surface area contributed by atoms with Gasteiger partial charge in [0.05, 0.1) is 10.8 Å². The topological polar surface area (TPSA) is 19.6 Å². The quantitative estimate of drug-likeness (QED) is 0.108. The zero-order chi connectivity index (χ0) is 83.2. The number of thiophene rings is 1. The summed E-state index contributed by atoms with van der Waals surface area (Å²) in [5.41, 5.74) is 40.0. The fourth-order valence-electron chi connectivity index (χ4n) is 20.8. The molecule has 2 aromatic heterocycles. The van der Waals surface area contributed by atoms with Gasteiger partial charge in [-0.25, -0.2) is 0 Å². The van der Waals surface area contributed by atoms with Gasteiger partial charge in [-0.15, -0.1) is 11.3 Å². The molecule has 25 rings (SSSR count). The van der Waals surface area contributed by atoms with E-state index in [1.54, 1.807) is 0 Å². The normalized spacial score (nSPS) is 12.7. The molecule has 22 aromatic rings. The molecule has 0 N–H and O–H groups in total. The van der Waals surface area contributed by atoms with E-state index in [4.69, 9.17) is 4.42 Å². The Morgan fingerprint density at radius 1 is 0.183 bits per heavy atom. The molecule has 0 fully saturated rings. The van der Waals surface area contributed by atoms with E-state index >= 15 is 0 Å². The average molecular weight is 1620 g/mol. The van der Waals surface area contributed by atoms with Crippen molar-refractivity contribution < 1.29 is 4.42 Å². The molecule has 4 heteroatoms. The van der Waals surface area contributed by atoms with E-state index in [0.717, 1.165) is 72.8 Å². The van der Waals surface area contributed by atoms with E-state index in [1.165, 1.54) is 148 Å². The first kappa shape index (κ1) is 73.9. The molecule has 0 atom stereocenters. The number of hydrogen-bond acceptors (Lipinski definition) is 4. The highest BCUT2D eigenvalue weighted by Gasteiger charge is 2.52. The lowest BCUT2D eigenvalue weighted by molar-refractivity contribution is 0.670. The Morgan fingerprint density at radius 3 is 0.960 bits per heavy atom. The number of hydrogen-bond donors (Lipinski definition) is 0. The highest BCUT2D eigenvalue weighted by Crippen LogP contribution is 2.64. The lowest BCUT2D eigenvalue weighted by Crippen LogP contribution is -2.28. The van der Waals surface area contributed by atoms with E-state index in [1.807, 2.05) is 11.3 Å². The zero-order valence-corrected chi connectivity index (χ0v) is 69.7. The van der Waals surface area contributed by atoms with Crippen molar-refractivity contribution in [2.24, 2.45) is 0 Å². The van der Waals surface area contributed by atoms with Gasteiger partial charge in [-0.1, -0.05) is 364 Å². The highest BCUT2D eigenvalue weighted by atomic mass is 32.1. The van der Waals surface area contributed by atoms with Crippen molar-refractivity contribution in [3.63, 3.8) is 0 Å². The molecular weight excluding hydrogens is 1540 g/mol. The van der Waals surface area contributed by atoms with E-state index < -0.39 is 10.8 Å². The maximum absolute atomic E-state index is 6.80.